The maximum absolute atomic E-state index is 12.2. The Hall–Kier alpha value is -1.60. The molecule has 0 aliphatic heterocycles. The van der Waals surface area contributed by atoms with Gasteiger partial charge in [-0.15, -0.1) is 0 Å². The van der Waals surface area contributed by atoms with Crippen molar-refractivity contribution in [2.75, 3.05) is 12.3 Å². The van der Waals surface area contributed by atoms with Crippen LogP contribution in [0.25, 0.3) is 0 Å². The molecular formula is C14H23N3O3S. The predicted molar refractivity (Wildman–Crippen MR) is 83.4 cm³/mol. The van der Waals surface area contributed by atoms with Crippen LogP contribution >= 0.6 is 0 Å². The van der Waals surface area contributed by atoms with Crippen LogP contribution in [0, 0.1) is 0 Å². The highest BCUT2D eigenvalue weighted by Crippen LogP contribution is 2.12. The van der Waals surface area contributed by atoms with Gasteiger partial charge in [0.15, 0.2) is 15.7 Å². The molecule has 21 heavy (non-hydrogen) atoms. The number of hydrogen-bond donors (Lipinski definition) is 3. The molecule has 0 spiro atoms. The van der Waals surface area contributed by atoms with Crippen molar-refractivity contribution >= 4 is 15.7 Å². The van der Waals surface area contributed by atoms with Gasteiger partial charge in [0.25, 0.3) is 0 Å². The lowest BCUT2D eigenvalue weighted by Gasteiger charge is -2.12. The van der Waals surface area contributed by atoms with E-state index in [1.54, 1.807) is 0 Å². The van der Waals surface area contributed by atoms with Crippen LogP contribution in [0.15, 0.2) is 34.3 Å². The summed E-state index contributed by atoms with van der Waals surface area (Å²) in [6.45, 7) is 4.56. The van der Waals surface area contributed by atoms with Gasteiger partial charge in [-0.05, 0) is 37.6 Å². The van der Waals surface area contributed by atoms with Crippen LogP contribution in [-0.4, -0.2) is 37.8 Å². The summed E-state index contributed by atoms with van der Waals surface area (Å²) in [6, 6.07) is 6.30. The quantitative estimate of drug-likeness (QED) is 0.291. The standard InChI is InChI=1S/C14H23N3O3S/c1-3-4-11(2)16-9-10-21(19,20)13-7-5-12(6-8-13)14(15)17-18/h5-8,11,16,18H,3-4,9-10H2,1-2H3,(H2,15,17). The summed E-state index contributed by atoms with van der Waals surface area (Å²) in [5.41, 5.74) is 5.91. The molecule has 0 heterocycles. The van der Waals surface area contributed by atoms with E-state index in [1.165, 1.54) is 24.3 Å². The molecule has 0 aromatic heterocycles. The Morgan fingerprint density at radius 1 is 1.38 bits per heavy atom. The molecule has 1 unspecified atom stereocenters. The molecule has 0 amide bonds. The minimum atomic E-state index is -3.33. The Morgan fingerprint density at radius 2 is 2.00 bits per heavy atom. The minimum Gasteiger partial charge on any atom is -0.409 e. The Balaban J connectivity index is 2.66. The van der Waals surface area contributed by atoms with E-state index in [9.17, 15) is 8.42 Å². The van der Waals surface area contributed by atoms with Gasteiger partial charge in [-0.3, -0.25) is 0 Å². The zero-order valence-electron chi connectivity index (χ0n) is 12.4. The highest BCUT2D eigenvalue weighted by molar-refractivity contribution is 7.91. The summed E-state index contributed by atoms with van der Waals surface area (Å²) < 4.78 is 24.3. The topological polar surface area (TPSA) is 105 Å². The van der Waals surface area contributed by atoms with Crippen molar-refractivity contribution in [1.82, 2.24) is 5.32 Å². The molecule has 7 heteroatoms. The fraction of sp³-hybridized carbons (Fsp3) is 0.500. The smallest absolute Gasteiger partial charge is 0.179 e. The van der Waals surface area contributed by atoms with E-state index in [-0.39, 0.29) is 16.5 Å². The van der Waals surface area contributed by atoms with E-state index in [2.05, 4.69) is 17.4 Å². The summed E-state index contributed by atoms with van der Waals surface area (Å²) in [5, 5.41) is 14.6. The molecule has 0 fully saturated rings. The molecule has 0 aliphatic carbocycles. The number of hydrogen-bond acceptors (Lipinski definition) is 5. The largest absolute Gasteiger partial charge is 0.409 e. The average Bonchev–Trinajstić information content (AvgIpc) is 2.46. The van der Waals surface area contributed by atoms with Crippen LogP contribution in [0.2, 0.25) is 0 Å². The maximum atomic E-state index is 12.2. The van der Waals surface area contributed by atoms with Gasteiger partial charge in [-0.2, -0.15) is 0 Å². The number of sulfone groups is 1. The number of rotatable bonds is 8. The Bertz CT molecular complexity index is 568. The first-order chi connectivity index (χ1) is 9.90. The number of oxime groups is 1. The lowest BCUT2D eigenvalue weighted by atomic mass is 10.2. The predicted octanol–water partition coefficient (Wildman–Crippen LogP) is 1.33. The lowest BCUT2D eigenvalue weighted by Crippen LogP contribution is -2.30. The molecule has 1 aromatic carbocycles. The van der Waals surface area contributed by atoms with E-state index in [1.807, 2.05) is 6.92 Å². The SMILES string of the molecule is CCCC(C)NCCS(=O)(=O)c1ccc(/C(N)=N/O)cc1. The second kappa shape index (κ2) is 7.99. The molecule has 1 aromatic rings. The van der Waals surface area contributed by atoms with E-state index in [0.717, 1.165) is 12.8 Å². The summed E-state index contributed by atoms with van der Waals surface area (Å²) in [7, 11) is -3.33. The summed E-state index contributed by atoms with van der Waals surface area (Å²) in [4.78, 5) is 0.238. The second-order valence-corrected chi connectivity index (χ2v) is 7.08. The van der Waals surface area contributed by atoms with Crippen LogP contribution < -0.4 is 11.1 Å². The molecule has 0 saturated heterocycles. The number of benzene rings is 1. The fourth-order valence-electron chi connectivity index (χ4n) is 1.98. The third-order valence-corrected chi connectivity index (χ3v) is 4.93. The molecule has 118 valence electrons. The van der Waals surface area contributed by atoms with E-state index >= 15 is 0 Å². The average molecular weight is 313 g/mol. The maximum Gasteiger partial charge on any atom is 0.179 e. The highest BCUT2D eigenvalue weighted by Gasteiger charge is 2.14. The van der Waals surface area contributed by atoms with Crippen LogP contribution in [0.3, 0.4) is 0 Å². The summed E-state index contributed by atoms with van der Waals surface area (Å²) in [5.74, 6) is -0.00161. The third-order valence-electron chi connectivity index (χ3n) is 3.20. The van der Waals surface area contributed by atoms with Crippen molar-refractivity contribution in [2.45, 2.75) is 37.6 Å². The monoisotopic (exact) mass is 313 g/mol. The van der Waals surface area contributed by atoms with E-state index < -0.39 is 9.84 Å². The van der Waals surface area contributed by atoms with Gasteiger partial charge in [-0.1, -0.05) is 18.5 Å². The lowest BCUT2D eigenvalue weighted by molar-refractivity contribution is 0.318. The molecule has 1 rings (SSSR count). The van der Waals surface area contributed by atoms with Crippen molar-refractivity contribution in [1.29, 1.82) is 0 Å². The zero-order chi connectivity index (χ0) is 15.9. The Kier molecular flexibility index (Phi) is 6.64. The number of nitrogens with one attached hydrogen (secondary N) is 1. The van der Waals surface area contributed by atoms with E-state index in [0.29, 0.717) is 18.2 Å². The van der Waals surface area contributed by atoms with E-state index in [4.69, 9.17) is 10.9 Å². The van der Waals surface area contributed by atoms with Gasteiger partial charge >= 0.3 is 0 Å². The van der Waals surface area contributed by atoms with Gasteiger partial charge in [0.05, 0.1) is 10.6 Å². The molecule has 0 radical (unpaired) electrons. The molecule has 0 bridgehead atoms. The second-order valence-electron chi connectivity index (χ2n) is 4.97. The van der Waals surface area contributed by atoms with Gasteiger partial charge in [-0.25, -0.2) is 8.42 Å². The summed E-state index contributed by atoms with van der Waals surface area (Å²) >= 11 is 0. The first-order valence-corrected chi connectivity index (χ1v) is 8.60. The van der Waals surface area contributed by atoms with Crippen LogP contribution in [0.1, 0.15) is 32.3 Å². The molecule has 1 atom stereocenters. The minimum absolute atomic E-state index is 0.0456. The van der Waals surface area contributed by atoms with Crippen molar-refractivity contribution in [3.63, 3.8) is 0 Å². The first kappa shape index (κ1) is 17.5. The Morgan fingerprint density at radius 3 is 2.52 bits per heavy atom. The first-order valence-electron chi connectivity index (χ1n) is 6.94. The molecule has 0 saturated carbocycles. The van der Waals surface area contributed by atoms with Gasteiger partial charge in [0.2, 0.25) is 0 Å². The highest BCUT2D eigenvalue weighted by atomic mass is 32.2. The molecule has 0 aliphatic rings. The number of amidine groups is 1. The fourth-order valence-corrected chi connectivity index (χ4v) is 3.16. The van der Waals surface area contributed by atoms with Crippen molar-refractivity contribution in [3.8, 4) is 0 Å². The van der Waals surface area contributed by atoms with Gasteiger partial charge in [0, 0.05) is 18.2 Å². The third kappa shape index (κ3) is 5.35. The normalized spacial score (nSPS) is 14.1. The number of nitrogens with zero attached hydrogens (tertiary/aromatic N) is 1. The zero-order valence-corrected chi connectivity index (χ0v) is 13.2. The summed E-state index contributed by atoms with van der Waals surface area (Å²) in [6.07, 6.45) is 2.09. The van der Waals surface area contributed by atoms with Crippen LogP contribution in [0.5, 0.6) is 0 Å². The Labute approximate surface area is 126 Å². The van der Waals surface area contributed by atoms with Crippen molar-refractivity contribution in [3.05, 3.63) is 29.8 Å². The molecular weight excluding hydrogens is 290 g/mol. The van der Waals surface area contributed by atoms with Gasteiger partial charge < -0.3 is 16.3 Å². The van der Waals surface area contributed by atoms with Crippen LogP contribution in [-0.2, 0) is 9.84 Å². The van der Waals surface area contributed by atoms with Gasteiger partial charge in [0.1, 0.15) is 0 Å². The number of nitrogens with two attached hydrogens (primary N) is 1. The molecule has 6 nitrogen and oxygen atoms in total. The van der Waals surface area contributed by atoms with Crippen molar-refractivity contribution < 1.29 is 13.6 Å². The molecule has 4 N–H and O–H groups in total. The van der Waals surface area contributed by atoms with Crippen molar-refractivity contribution in [2.24, 2.45) is 10.9 Å². The van der Waals surface area contributed by atoms with Crippen LogP contribution in [0.4, 0.5) is 0 Å².